The molecule has 418 valence electrons. The summed E-state index contributed by atoms with van der Waals surface area (Å²) in [6.07, 6.45) is 12.3. The fourth-order valence-corrected chi connectivity index (χ4v) is 11.4. The van der Waals surface area contributed by atoms with Crippen molar-refractivity contribution in [2.45, 2.75) is 156 Å². The Hall–Kier alpha value is -6.18. The molecule has 11 rings (SSSR count). The molecule has 7 aromatic carbocycles. The minimum Gasteiger partial charge on any atom is -0.353 e. The molecule has 0 saturated carbocycles. The van der Waals surface area contributed by atoms with E-state index in [1.54, 1.807) is 0 Å². The zero-order valence-corrected chi connectivity index (χ0v) is 47.5. The number of nitrogens with zero attached hydrogens (tertiary/aromatic N) is 2. The van der Waals surface area contributed by atoms with E-state index in [4.69, 9.17) is 37.9 Å². The highest BCUT2D eigenvalue weighted by Crippen LogP contribution is 2.41. The van der Waals surface area contributed by atoms with Gasteiger partial charge in [0, 0.05) is 60.6 Å². The lowest BCUT2D eigenvalue weighted by Gasteiger charge is -2.28. The van der Waals surface area contributed by atoms with Crippen LogP contribution in [-0.2, 0) is 64.3 Å². The zero-order valence-electron chi connectivity index (χ0n) is 47.5. The molecule has 0 radical (unpaired) electrons. The molecule has 4 saturated heterocycles. The van der Waals surface area contributed by atoms with Gasteiger partial charge < -0.3 is 47.7 Å². The number of anilines is 6. The van der Waals surface area contributed by atoms with E-state index in [0.29, 0.717) is 26.4 Å². The normalized spacial score (nSPS) is 19.6. The minimum atomic E-state index is -0.131. The van der Waals surface area contributed by atoms with Crippen molar-refractivity contribution in [3.8, 4) is 22.3 Å². The first-order valence-corrected chi connectivity index (χ1v) is 29.5. The lowest BCUT2D eigenvalue weighted by atomic mass is 9.99. The number of rotatable bonds is 20. The van der Waals surface area contributed by atoms with Gasteiger partial charge in [-0.05, 0) is 244 Å². The summed E-state index contributed by atoms with van der Waals surface area (Å²) in [6.45, 7) is 13.9. The molecule has 10 heteroatoms. The van der Waals surface area contributed by atoms with Gasteiger partial charge in [-0.2, -0.15) is 0 Å². The van der Waals surface area contributed by atoms with Gasteiger partial charge in [0.2, 0.25) is 0 Å². The van der Waals surface area contributed by atoms with Gasteiger partial charge >= 0.3 is 0 Å². The summed E-state index contributed by atoms with van der Waals surface area (Å²) < 4.78 is 48.4. The van der Waals surface area contributed by atoms with E-state index in [2.05, 4.69) is 183 Å². The molecule has 4 atom stereocenters. The van der Waals surface area contributed by atoms with Gasteiger partial charge in [-0.25, -0.2) is 0 Å². The maximum absolute atomic E-state index is 6.23. The van der Waals surface area contributed by atoms with Gasteiger partial charge in [0.15, 0.2) is 25.2 Å². The van der Waals surface area contributed by atoms with Crippen molar-refractivity contribution in [3.63, 3.8) is 0 Å². The Kier molecular flexibility index (Phi) is 18.8. The molecule has 4 heterocycles. The van der Waals surface area contributed by atoms with Crippen molar-refractivity contribution in [1.29, 1.82) is 0 Å². The Morgan fingerprint density at radius 3 is 0.738 bits per heavy atom. The van der Waals surface area contributed by atoms with Crippen molar-refractivity contribution in [2.24, 2.45) is 0 Å². The monoisotopic (exact) mass is 1080 g/mol. The summed E-state index contributed by atoms with van der Waals surface area (Å²) in [4.78, 5) is 4.70. The summed E-state index contributed by atoms with van der Waals surface area (Å²) in [6, 6.07) is 53.6. The average Bonchev–Trinajstić information content (AvgIpc) is 3.53. The third-order valence-electron chi connectivity index (χ3n) is 16.4. The Labute approximate surface area is 474 Å². The van der Waals surface area contributed by atoms with Crippen molar-refractivity contribution in [1.82, 2.24) is 0 Å². The van der Waals surface area contributed by atoms with Crippen LogP contribution in [0.4, 0.5) is 34.1 Å². The molecule has 0 amide bonds. The second-order valence-corrected chi connectivity index (χ2v) is 22.2. The highest BCUT2D eigenvalue weighted by Gasteiger charge is 2.22. The number of benzene rings is 7. The molecule has 4 fully saturated rings. The molecule has 0 bridgehead atoms. The SMILES string of the molecule is Cc1cc(N(c2ccc(-c3ccc(-c4ccc(N(c5ccc(COC6CCCCO6)c(C)c5)c5ccc(COC6CCCCO6)c(C)c5)cc4)cc3)cc2)c2ccc(COC3CCCCO3)c(C)c2)ccc1COC1CCCCO1. The second kappa shape index (κ2) is 27.1. The van der Waals surface area contributed by atoms with Gasteiger partial charge in [-0.1, -0.05) is 72.8 Å². The number of hydrogen-bond acceptors (Lipinski definition) is 10. The maximum atomic E-state index is 6.23. The fourth-order valence-electron chi connectivity index (χ4n) is 11.4. The maximum Gasteiger partial charge on any atom is 0.158 e. The zero-order chi connectivity index (χ0) is 54.6. The van der Waals surface area contributed by atoms with Crippen LogP contribution in [0.5, 0.6) is 0 Å². The lowest BCUT2D eigenvalue weighted by Crippen LogP contribution is -2.22. The van der Waals surface area contributed by atoms with E-state index < -0.39 is 0 Å². The van der Waals surface area contributed by atoms with Crippen LogP contribution in [-0.4, -0.2) is 51.6 Å². The lowest BCUT2D eigenvalue weighted by molar-refractivity contribution is -0.169. The predicted octanol–water partition coefficient (Wildman–Crippen LogP) is 17.4. The third-order valence-corrected chi connectivity index (χ3v) is 16.4. The first-order valence-electron chi connectivity index (χ1n) is 29.5. The van der Waals surface area contributed by atoms with Crippen molar-refractivity contribution in [3.05, 3.63) is 190 Å². The Morgan fingerprint density at radius 2 is 0.525 bits per heavy atom. The van der Waals surface area contributed by atoms with Crippen LogP contribution in [0.25, 0.3) is 22.3 Å². The van der Waals surface area contributed by atoms with Crippen molar-refractivity contribution >= 4 is 34.1 Å². The summed E-state index contributed by atoms with van der Waals surface area (Å²) in [5.74, 6) is 0. The largest absolute Gasteiger partial charge is 0.353 e. The van der Waals surface area contributed by atoms with E-state index in [0.717, 1.165) is 160 Å². The molecule has 10 nitrogen and oxygen atoms in total. The first kappa shape index (κ1) is 55.7. The van der Waals surface area contributed by atoms with Crippen LogP contribution in [0.2, 0.25) is 0 Å². The van der Waals surface area contributed by atoms with E-state index in [-0.39, 0.29) is 25.2 Å². The van der Waals surface area contributed by atoms with Crippen LogP contribution >= 0.6 is 0 Å². The van der Waals surface area contributed by atoms with E-state index >= 15 is 0 Å². The summed E-state index contributed by atoms with van der Waals surface area (Å²) in [5.41, 5.74) is 20.5. The molecule has 7 aromatic rings. The number of hydrogen-bond donors (Lipinski definition) is 0. The van der Waals surface area contributed by atoms with Gasteiger partial charge in [-0.15, -0.1) is 0 Å². The standard InChI is InChI=1S/C70H80N2O8/c1-49-41-63(33-25-57(49)45-77-67-13-5-9-37-73-67)71(64-34-26-58(50(2)42-64)46-78-68-14-6-10-38-74-68)61-29-21-55(22-30-61)53-17-19-54(20-18-53)56-23-31-62(32-24-56)72(65-35-27-59(51(3)43-65)47-79-69-15-7-11-39-75-69)66-36-28-60(52(4)44-66)48-80-70-16-8-12-40-76-70/h17-36,41-44,67-70H,5-16,37-40,45-48H2,1-4H3. The minimum absolute atomic E-state index is 0.131. The van der Waals surface area contributed by atoms with Gasteiger partial charge in [0.25, 0.3) is 0 Å². The smallest absolute Gasteiger partial charge is 0.158 e. The van der Waals surface area contributed by atoms with Gasteiger partial charge in [0.1, 0.15) is 0 Å². The average molecular weight is 1080 g/mol. The van der Waals surface area contributed by atoms with Crippen LogP contribution in [0, 0.1) is 27.7 Å². The molecule has 80 heavy (non-hydrogen) atoms. The second-order valence-electron chi connectivity index (χ2n) is 22.2. The molecular formula is C70H80N2O8. The summed E-state index contributed by atoms with van der Waals surface area (Å²) in [5, 5.41) is 0. The molecular weight excluding hydrogens is 997 g/mol. The van der Waals surface area contributed by atoms with Crippen molar-refractivity contribution < 1.29 is 37.9 Å². The van der Waals surface area contributed by atoms with Crippen LogP contribution < -0.4 is 9.80 Å². The molecule has 0 aromatic heterocycles. The van der Waals surface area contributed by atoms with Crippen molar-refractivity contribution in [2.75, 3.05) is 36.2 Å². The quantitative estimate of drug-likeness (QED) is 0.0736. The van der Waals surface area contributed by atoms with Crippen LogP contribution in [0.1, 0.15) is 122 Å². The molecule has 0 aliphatic carbocycles. The summed E-state index contributed by atoms with van der Waals surface area (Å²) in [7, 11) is 0. The van der Waals surface area contributed by atoms with Crippen LogP contribution in [0.3, 0.4) is 0 Å². The van der Waals surface area contributed by atoms with Gasteiger partial charge in [0.05, 0.1) is 26.4 Å². The fraction of sp³-hybridized carbons (Fsp3) is 0.400. The van der Waals surface area contributed by atoms with E-state index in [9.17, 15) is 0 Å². The Bertz CT molecular complexity index is 2750. The molecule has 4 aliphatic rings. The van der Waals surface area contributed by atoms with Gasteiger partial charge in [-0.3, -0.25) is 0 Å². The number of aryl methyl sites for hydroxylation is 4. The molecule has 4 unspecified atom stereocenters. The molecule has 0 spiro atoms. The highest BCUT2D eigenvalue weighted by molar-refractivity contribution is 5.81. The topological polar surface area (TPSA) is 80.3 Å². The summed E-state index contributed by atoms with van der Waals surface area (Å²) >= 11 is 0. The Morgan fingerprint density at radius 1 is 0.300 bits per heavy atom. The predicted molar refractivity (Wildman–Crippen MR) is 319 cm³/mol. The van der Waals surface area contributed by atoms with Crippen LogP contribution in [0.15, 0.2) is 146 Å². The molecule has 4 aliphatic heterocycles. The third kappa shape index (κ3) is 14.1. The highest BCUT2D eigenvalue weighted by atomic mass is 16.7. The van der Waals surface area contributed by atoms with E-state index in [1.807, 2.05) is 0 Å². The number of ether oxygens (including phenoxy) is 8. The first-order chi connectivity index (χ1) is 39.3. The molecule has 0 N–H and O–H groups in total. The van der Waals surface area contributed by atoms with E-state index in [1.165, 1.54) is 44.5 Å². The Balaban J connectivity index is 0.819.